The third kappa shape index (κ3) is 5.91. The van der Waals surface area contributed by atoms with Crippen molar-refractivity contribution >= 4 is 21.6 Å². The maximum absolute atomic E-state index is 13.7. The summed E-state index contributed by atoms with van der Waals surface area (Å²) in [5.74, 6) is 1.02. The molecule has 0 radical (unpaired) electrons. The molecule has 1 atom stereocenters. The van der Waals surface area contributed by atoms with Crippen LogP contribution < -0.4 is 23.8 Å². The van der Waals surface area contributed by atoms with E-state index in [4.69, 9.17) is 14.2 Å². The van der Waals surface area contributed by atoms with E-state index in [2.05, 4.69) is 5.32 Å². The van der Waals surface area contributed by atoms with E-state index in [9.17, 15) is 13.2 Å². The Hall–Kier alpha value is -3.72. The van der Waals surface area contributed by atoms with Crippen LogP contribution >= 0.6 is 0 Å². The number of rotatable bonds is 11. The van der Waals surface area contributed by atoms with Gasteiger partial charge in [-0.3, -0.25) is 9.10 Å². The van der Waals surface area contributed by atoms with Gasteiger partial charge in [0.1, 0.15) is 23.8 Å². The van der Waals surface area contributed by atoms with E-state index in [1.807, 2.05) is 32.0 Å². The first-order chi connectivity index (χ1) is 17.2. The first kappa shape index (κ1) is 26.9. The van der Waals surface area contributed by atoms with Crippen LogP contribution in [-0.2, 0) is 14.8 Å². The number of ether oxygens (including phenoxy) is 3. The monoisotopic (exact) mass is 512 g/mol. The fraction of sp³-hybridized carbons (Fsp3) is 0.296. The molecule has 36 heavy (non-hydrogen) atoms. The van der Waals surface area contributed by atoms with Crippen LogP contribution in [0.3, 0.4) is 0 Å². The Morgan fingerprint density at radius 2 is 1.58 bits per heavy atom. The second-order valence-corrected chi connectivity index (χ2v) is 9.98. The van der Waals surface area contributed by atoms with E-state index in [1.54, 1.807) is 37.4 Å². The number of amides is 1. The average Bonchev–Trinajstić information content (AvgIpc) is 2.90. The number of hydrogen-bond acceptors (Lipinski definition) is 6. The summed E-state index contributed by atoms with van der Waals surface area (Å²) in [5, 5.41) is 2.98. The normalized spacial score (nSPS) is 11.9. The zero-order valence-electron chi connectivity index (χ0n) is 21.1. The van der Waals surface area contributed by atoms with Crippen LogP contribution in [0.15, 0.2) is 71.6 Å². The highest BCUT2D eigenvalue weighted by molar-refractivity contribution is 7.92. The quantitative estimate of drug-likeness (QED) is 0.407. The lowest BCUT2D eigenvalue weighted by atomic mass is 10.0. The number of nitrogens with one attached hydrogen (secondary N) is 1. The van der Waals surface area contributed by atoms with E-state index in [0.717, 1.165) is 21.2 Å². The van der Waals surface area contributed by atoms with Crippen LogP contribution in [0.2, 0.25) is 0 Å². The number of hydrogen-bond donors (Lipinski definition) is 1. The molecule has 0 unspecified atom stereocenters. The van der Waals surface area contributed by atoms with E-state index in [1.165, 1.54) is 32.4 Å². The van der Waals surface area contributed by atoms with Crippen LogP contribution in [-0.4, -0.2) is 42.2 Å². The molecule has 3 aromatic carbocycles. The van der Waals surface area contributed by atoms with Crippen molar-refractivity contribution in [1.82, 2.24) is 5.32 Å². The molecule has 8 nitrogen and oxygen atoms in total. The Balaban J connectivity index is 1.99. The standard InChI is InChI=1S/C27H32N2O6S/c1-6-23(20-12-14-25(34-4)19(2)16-20)28-27(30)18-29(36(31,32)22-10-8-7-9-11-22)24-17-21(33-3)13-15-26(24)35-5/h7-17,23H,6,18H2,1-5H3,(H,28,30)/t23-/m0/s1. The van der Waals surface area contributed by atoms with Gasteiger partial charge in [-0.15, -0.1) is 0 Å². The van der Waals surface area contributed by atoms with Gasteiger partial charge in [-0.05, 0) is 54.8 Å². The molecule has 3 aromatic rings. The molecule has 0 aliphatic heterocycles. The van der Waals surface area contributed by atoms with Crippen LogP contribution in [0.5, 0.6) is 17.2 Å². The minimum atomic E-state index is -4.11. The van der Waals surface area contributed by atoms with E-state index in [-0.39, 0.29) is 16.6 Å². The number of carbonyl (C=O) groups excluding carboxylic acids is 1. The molecule has 0 fully saturated rings. The van der Waals surface area contributed by atoms with Crippen molar-refractivity contribution < 1.29 is 27.4 Å². The topological polar surface area (TPSA) is 94.2 Å². The van der Waals surface area contributed by atoms with Gasteiger partial charge in [-0.25, -0.2) is 8.42 Å². The van der Waals surface area contributed by atoms with Crippen LogP contribution in [0.1, 0.15) is 30.5 Å². The van der Waals surface area contributed by atoms with Gasteiger partial charge < -0.3 is 19.5 Å². The Bertz CT molecular complexity index is 1290. The summed E-state index contributed by atoms with van der Waals surface area (Å²) in [6.07, 6.45) is 0.616. The fourth-order valence-electron chi connectivity index (χ4n) is 3.92. The van der Waals surface area contributed by atoms with Gasteiger partial charge in [-0.1, -0.05) is 37.3 Å². The first-order valence-electron chi connectivity index (χ1n) is 11.5. The van der Waals surface area contributed by atoms with Crippen molar-refractivity contribution in [1.29, 1.82) is 0 Å². The van der Waals surface area contributed by atoms with Gasteiger partial charge in [0.25, 0.3) is 10.0 Å². The molecule has 0 aliphatic rings. The largest absolute Gasteiger partial charge is 0.497 e. The molecule has 0 saturated carbocycles. The van der Waals surface area contributed by atoms with Gasteiger partial charge >= 0.3 is 0 Å². The third-order valence-corrected chi connectivity index (χ3v) is 7.61. The molecule has 9 heteroatoms. The summed E-state index contributed by atoms with van der Waals surface area (Å²) >= 11 is 0. The first-order valence-corrected chi connectivity index (χ1v) is 12.9. The molecule has 3 rings (SSSR count). The molecule has 0 saturated heterocycles. The molecule has 1 amide bonds. The zero-order valence-corrected chi connectivity index (χ0v) is 22.0. The maximum atomic E-state index is 13.7. The van der Waals surface area contributed by atoms with Crippen molar-refractivity contribution in [2.24, 2.45) is 0 Å². The van der Waals surface area contributed by atoms with Crippen molar-refractivity contribution in [3.63, 3.8) is 0 Å². The van der Waals surface area contributed by atoms with Crippen LogP contribution in [0, 0.1) is 6.92 Å². The lowest BCUT2D eigenvalue weighted by Gasteiger charge is -2.27. The predicted molar refractivity (Wildman–Crippen MR) is 139 cm³/mol. The molecule has 0 spiro atoms. The average molecular weight is 513 g/mol. The Morgan fingerprint density at radius 3 is 2.17 bits per heavy atom. The summed E-state index contributed by atoms with van der Waals surface area (Å²) in [5.41, 5.74) is 2.04. The predicted octanol–water partition coefficient (Wildman–Crippen LogP) is 4.48. The smallest absolute Gasteiger partial charge is 0.264 e. The van der Waals surface area contributed by atoms with E-state index < -0.39 is 22.5 Å². The fourth-order valence-corrected chi connectivity index (χ4v) is 5.37. The van der Waals surface area contributed by atoms with Gasteiger partial charge in [0.05, 0.1) is 38.0 Å². The van der Waals surface area contributed by atoms with Gasteiger partial charge in [0.2, 0.25) is 5.91 Å². The molecular formula is C27H32N2O6S. The van der Waals surface area contributed by atoms with E-state index in [0.29, 0.717) is 17.9 Å². The molecule has 0 aliphatic carbocycles. The van der Waals surface area contributed by atoms with Gasteiger partial charge in [0, 0.05) is 6.07 Å². The second-order valence-electron chi connectivity index (χ2n) is 8.12. The Morgan fingerprint density at radius 1 is 0.917 bits per heavy atom. The minimum Gasteiger partial charge on any atom is -0.497 e. The van der Waals surface area contributed by atoms with Crippen molar-refractivity contribution in [3.05, 3.63) is 77.9 Å². The maximum Gasteiger partial charge on any atom is 0.264 e. The number of benzene rings is 3. The summed E-state index contributed by atoms with van der Waals surface area (Å²) in [6.45, 7) is 3.43. The second kappa shape index (κ2) is 11.8. The molecule has 0 bridgehead atoms. The van der Waals surface area contributed by atoms with Gasteiger partial charge in [0.15, 0.2) is 0 Å². The molecule has 192 valence electrons. The molecule has 0 aromatic heterocycles. The summed E-state index contributed by atoms with van der Waals surface area (Å²) in [4.78, 5) is 13.4. The van der Waals surface area contributed by atoms with Crippen molar-refractivity contribution in [3.8, 4) is 17.2 Å². The minimum absolute atomic E-state index is 0.0560. The Labute approximate surface area is 212 Å². The number of sulfonamides is 1. The summed E-state index contributed by atoms with van der Waals surface area (Å²) in [7, 11) is 0.423. The lowest BCUT2D eigenvalue weighted by molar-refractivity contribution is -0.120. The van der Waals surface area contributed by atoms with Crippen LogP contribution in [0.4, 0.5) is 5.69 Å². The number of carbonyl (C=O) groups is 1. The third-order valence-electron chi connectivity index (χ3n) is 5.84. The van der Waals surface area contributed by atoms with Gasteiger partial charge in [-0.2, -0.15) is 0 Å². The molecule has 1 N–H and O–H groups in total. The summed E-state index contributed by atoms with van der Waals surface area (Å²) in [6, 6.07) is 18.2. The highest BCUT2D eigenvalue weighted by Crippen LogP contribution is 2.35. The summed E-state index contributed by atoms with van der Waals surface area (Å²) < 4.78 is 44.6. The number of aryl methyl sites for hydroxylation is 1. The van der Waals surface area contributed by atoms with Crippen molar-refractivity contribution in [2.45, 2.75) is 31.2 Å². The number of nitrogens with zero attached hydrogens (tertiary/aromatic N) is 1. The van der Waals surface area contributed by atoms with Crippen LogP contribution in [0.25, 0.3) is 0 Å². The molecule has 0 heterocycles. The van der Waals surface area contributed by atoms with E-state index >= 15 is 0 Å². The molecular weight excluding hydrogens is 480 g/mol. The SMILES string of the molecule is CC[C@H](NC(=O)CN(c1cc(OC)ccc1OC)S(=O)(=O)c1ccccc1)c1ccc(OC)c(C)c1. The lowest BCUT2D eigenvalue weighted by Crippen LogP contribution is -2.42. The number of anilines is 1. The number of methoxy groups -OCH3 is 3. The van der Waals surface area contributed by atoms with Crippen molar-refractivity contribution in [2.75, 3.05) is 32.2 Å². The highest BCUT2D eigenvalue weighted by atomic mass is 32.2. The Kier molecular flexibility index (Phi) is 8.82. The zero-order chi connectivity index (χ0) is 26.3. The highest BCUT2D eigenvalue weighted by Gasteiger charge is 2.30.